The van der Waals surface area contributed by atoms with E-state index in [4.69, 9.17) is 5.73 Å². The van der Waals surface area contributed by atoms with Crippen molar-refractivity contribution in [3.63, 3.8) is 0 Å². The van der Waals surface area contributed by atoms with Crippen molar-refractivity contribution in [1.29, 1.82) is 0 Å². The minimum atomic E-state index is -0.525. The number of hydrogen-bond donors (Lipinski definition) is 1. The highest BCUT2D eigenvalue weighted by Gasteiger charge is 2.31. The van der Waals surface area contributed by atoms with E-state index in [0.717, 1.165) is 12.8 Å². The maximum atomic E-state index is 12.7. The average molecular weight is 299 g/mol. The van der Waals surface area contributed by atoms with Crippen LogP contribution in [0.2, 0.25) is 0 Å². The molecule has 0 aliphatic carbocycles. The Labute approximate surface area is 127 Å². The lowest BCUT2D eigenvalue weighted by Gasteiger charge is -2.33. The van der Waals surface area contributed by atoms with E-state index in [1.807, 2.05) is 0 Å². The van der Waals surface area contributed by atoms with Gasteiger partial charge in [-0.25, -0.2) is 9.67 Å². The fraction of sp³-hybridized carbons (Fsp3) is 0.333. The summed E-state index contributed by atoms with van der Waals surface area (Å²) >= 11 is 0. The standard InChI is InChI=1S/C15H17N5O2/c16-14(21)12-4-1-2-8-19(12)15(22)11-5-7-17-13(10-11)20-9-3-6-18-20/h3,5-7,9-10,12H,1-2,4,8H2,(H2,16,21)/t12-/m0/s1. The first-order chi connectivity index (χ1) is 10.7. The molecule has 0 aromatic carbocycles. The number of aromatic nitrogens is 3. The molecule has 1 saturated heterocycles. The van der Waals surface area contributed by atoms with Gasteiger partial charge in [-0.3, -0.25) is 9.59 Å². The summed E-state index contributed by atoms with van der Waals surface area (Å²) < 4.78 is 1.58. The van der Waals surface area contributed by atoms with Crippen LogP contribution in [0.3, 0.4) is 0 Å². The third-order valence-electron chi connectivity index (χ3n) is 3.82. The van der Waals surface area contributed by atoms with Gasteiger partial charge >= 0.3 is 0 Å². The van der Waals surface area contributed by atoms with Crippen LogP contribution in [0, 0.1) is 0 Å². The van der Waals surface area contributed by atoms with Gasteiger partial charge in [-0.05, 0) is 37.5 Å². The van der Waals surface area contributed by atoms with Crippen LogP contribution >= 0.6 is 0 Å². The van der Waals surface area contributed by atoms with Gasteiger partial charge in [-0.1, -0.05) is 0 Å². The molecule has 3 heterocycles. The Balaban J connectivity index is 1.88. The Hall–Kier alpha value is -2.70. The molecule has 0 radical (unpaired) electrons. The summed E-state index contributed by atoms with van der Waals surface area (Å²) in [5.41, 5.74) is 5.90. The minimum absolute atomic E-state index is 0.195. The second-order valence-electron chi connectivity index (χ2n) is 5.27. The molecule has 2 N–H and O–H groups in total. The number of hydrogen-bond acceptors (Lipinski definition) is 4. The van der Waals surface area contributed by atoms with Crippen LogP contribution in [0.4, 0.5) is 0 Å². The van der Waals surface area contributed by atoms with Gasteiger partial charge in [-0.15, -0.1) is 0 Å². The molecule has 1 aliphatic heterocycles. The predicted molar refractivity (Wildman–Crippen MR) is 79.2 cm³/mol. The van der Waals surface area contributed by atoms with Gasteiger partial charge in [0, 0.05) is 30.7 Å². The summed E-state index contributed by atoms with van der Waals surface area (Å²) in [6, 6.07) is 4.57. The summed E-state index contributed by atoms with van der Waals surface area (Å²) in [4.78, 5) is 30.0. The molecule has 2 amide bonds. The number of primary amides is 1. The Morgan fingerprint density at radius 3 is 2.86 bits per heavy atom. The highest BCUT2D eigenvalue weighted by Crippen LogP contribution is 2.20. The first-order valence-corrected chi connectivity index (χ1v) is 7.23. The van der Waals surface area contributed by atoms with E-state index in [1.165, 1.54) is 0 Å². The summed E-state index contributed by atoms with van der Waals surface area (Å²) in [7, 11) is 0. The van der Waals surface area contributed by atoms with Gasteiger partial charge in [0.25, 0.3) is 5.91 Å². The van der Waals surface area contributed by atoms with Crippen LogP contribution in [-0.4, -0.2) is 44.1 Å². The van der Waals surface area contributed by atoms with Crippen molar-refractivity contribution in [2.24, 2.45) is 5.73 Å². The zero-order valence-electron chi connectivity index (χ0n) is 12.1. The smallest absolute Gasteiger partial charge is 0.254 e. The van der Waals surface area contributed by atoms with Gasteiger partial charge in [-0.2, -0.15) is 5.10 Å². The van der Waals surface area contributed by atoms with E-state index >= 15 is 0 Å². The van der Waals surface area contributed by atoms with Crippen LogP contribution in [-0.2, 0) is 4.79 Å². The van der Waals surface area contributed by atoms with Crippen molar-refractivity contribution in [3.05, 3.63) is 42.4 Å². The SMILES string of the molecule is NC(=O)[C@@H]1CCCCN1C(=O)c1ccnc(-n2cccn2)c1. The van der Waals surface area contributed by atoms with E-state index in [0.29, 0.717) is 24.3 Å². The van der Waals surface area contributed by atoms with Gasteiger partial charge < -0.3 is 10.6 Å². The van der Waals surface area contributed by atoms with E-state index in [9.17, 15) is 9.59 Å². The molecule has 0 spiro atoms. The fourth-order valence-electron chi connectivity index (χ4n) is 2.72. The Morgan fingerprint density at radius 1 is 1.27 bits per heavy atom. The Bertz CT molecular complexity index is 683. The number of likely N-dealkylation sites (tertiary alicyclic amines) is 1. The number of carbonyl (C=O) groups is 2. The van der Waals surface area contributed by atoms with Crippen LogP contribution in [0.5, 0.6) is 0 Å². The zero-order chi connectivity index (χ0) is 15.5. The highest BCUT2D eigenvalue weighted by molar-refractivity contribution is 5.97. The second kappa shape index (κ2) is 5.97. The van der Waals surface area contributed by atoms with Crippen molar-refractivity contribution < 1.29 is 9.59 Å². The Kier molecular flexibility index (Phi) is 3.86. The maximum absolute atomic E-state index is 12.7. The van der Waals surface area contributed by atoms with Gasteiger partial charge in [0.2, 0.25) is 5.91 Å². The van der Waals surface area contributed by atoms with Crippen molar-refractivity contribution in [1.82, 2.24) is 19.7 Å². The third kappa shape index (κ3) is 2.69. The van der Waals surface area contributed by atoms with Crippen LogP contribution in [0.15, 0.2) is 36.8 Å². The molecule has 0 unspecified atom stereocenters. The fourth-order valence-corrected chi connectivity index (χ4v) is 2.72. The molecule has 0 bridgehead atoms. The van der Waals surface area contributed by atoms with E-state index in [-0.39, 0.29) is 5.91 Å². The predicted octanol–water partition coefficient (Wildman–Crippen LogP) is 0.747. The van der Waals surface area contributed by atoms with Crippen LogP contribution < -0.4 is 5.73 Å². The molecule has 3 rings (SSSR count). The molecule has 1 fully saturated rings. The van der Waals surface area contributed by atoms with E-state index < -0.39 is 11.9 Å². The molecular weight excluding hydrogens is 282 g/mol. The largest absolute Gasteiger partial charge is 0.368 e. The van der Waals surface area contributed by atoms with Gasteiger partial charge in [0.15, 0.2) is 5.82 Å². The van der Waals surface area contributed by atoms with E-state index in [2.05, 4.69) is 10.1 Å². The molecule has 2 aromatic rings. The molecule has 7 heteroatoms. The number of amides is 2. The molecule has 1 atom stereocenters. The normalized spacial score (nSPS) is 18.2. The lowest BCUT2D eigenvalue weighted by molar-refractivity contribution is -0.123. The number of nitrogens with two attached hydrogens (primary N) is 1. The third-order valence-corrected chi connectivity index (χ3v) is 3.82. The number of carbonyl (C=O) groups excluding carboxylic acids is 2. The summed E-state index contributed by atoms with van der Waals surface area (Å²) in [6.45, 7) is 0.547. The molecule has 114 valence electrons. The first kappa shape index (κ1) is 14.2. The average Bonchev–Trinajstić information content (AvgIpc) is 3.09. The van der Waals surface area contributed by atoms with Gasteiger partial charge in [0.05, 0.1) is 0 Å². The second-order valence-corrected chi connectivity index (χ2v) is 5.27. The van der Waals surface area contributed by atoms with Crippen molar-refractivity contribution in [3.8, 4) is 5.82 Å². The number of piperidine rings is 1. The number of pyridine rings is 1. The molecular formula is C15H17N5O2. The minimum Gasteiger partial charge on any atom is -0.368 e. The summed E-state index contributed by atoms with van der Waals surface area (Å²) in [5.74, 6) is -0.0859. The first-order valence-electron chi connectivity index (χ1n) is 7.23. The zero-order valence-corrected chi connectivity index (χ0v) is 12.1. The quantitative estimate of drug-likeness (QED) is 0.904. The lowest BCUT2D eigenvalue weighted by atomic mass is 10.0. The molecule has 1 aliphatic rings. The topological polar surface area (TPSA) is 94.1 Å². The number of nitrogens with zero attached hydrogens (tertiary/aromatic N) is 4. The Morgan fingerprint density at radius 2 is 2.14 bits per heavy atom. The van der Waals surface area contributed by atoms with E-state index in [1.54, 1.807) is 46.4 Å². The van der Waals surface area contributed by atoms with Crippen molar-refractivity contribution in [2.75, 3.05) is 6.54 Å². The monoisotopic (exact) mass is 299 g/mol. The van der Waals surface area contributed by atoms with Crippen LogP contribution in [0.25, 0.3) is 5.82 Å². The summed E-state index contributed by atoms with van der Waals surface area (Å²) in [5, 5.41) is 4.10. The van der Waals surface area contributed by atoms with Crippen molar-refractivity contribution in [2.45, 2.75) is 25.3 Å². The maximum Gasteiger partial charge on any atom is 0.254 e. The molecule has 0 saturated carbocycles. The van der Waals surface area contributed by atoms with Crippen molar-refractivity contribution >= 4 is 11.8 Å². The van der Waals surface area contributed by atoms with Crippen LogP contribution in [0.1, 0.15) is 29.6 Å². The van der Waals surface area contributed by atoms with Gasteiger partial charge in [0.1, 0.15) is 6.04 Å². The summed E-state index contributed by atoms with van der Waals surface area (Å²) in [6.07, 6.45) is 7.37. The number of rotatable bonds is 3. The molecule has 2 aromatic heterocycles. The highest BCUT2D eigenvalue weighted by atomic mass is 16.2. The molecule has 7 nitrogen and oxygen atoms in total. The molecule has 22 heavy (non-hydrogen) atoms. The lowest BCUT2D eigenvalue weighted by Crippen LogP contribution is -2.50.